The number of hydrogen-bond acceptors (Lipinski definition) is 2. The van der Waals surface area contributed by atoms with Crippen LogP contribution in [0.1, 0.15) is 57.4 Å². The van der Waals surface area contributed by atoms with Crippen molar-refractivity contribution < 1.29 is 9.59 Å². The van der Waals surface area contributed by atoms with Crippen LogP contribution < -0.4 is 10.2 Å². The van der Waals surface area contributed by atoms with Crippen LogP contribution >= 0.6 is 0 Å². The van der Waals surface area contributed by atoms with Crippen molar-refractivity contribution in [2.24, 2.45) is 23.2 Å². The molecule has 1 heterocycles. The summed E-state index contributed by atoms with van der Waals surface area (Å²) < 4.78 is 0. The van der Waals surface area contributed by atoms with Gasteiger partial charge >= 0.3 is 0 Å². The highest BCUT2D eigenvalue weighted by Crippen LogP contribution is 2.60. The number of benzene rings is 1. The van der Waals surface area contributed by atoms with Gasteiger partial charge in [-0.1, -0.05) is 18.2 Å². The Balaban J connectivity index is 1.19. The molecule has 1 aromatic carbocycles. The highest BCUT2D eigenvalue weighted by Gasteiger charge is 2.54. The number of hydrogen-bond donors (Lipinski definition) is 1. The minimum Gasteiger partial charge on any atom is -0.355 e. The number of carbonyl (C=O) groups is 2. The van der Waals surface area contributed by atoms with Crippen molar-refractivity contribution in [2.45, 2.75) is 64.3 Å². The third-order valence-electron chi connectivity index (χ3n) is 7.62. The predicted octanol–water partition coefficient (Wildman–Crippen LogP) is 3.69. The standard InChI is InChI=1S/C23H30N2O2/c1-15-8-19-4-2-3-5-20(19)25(15)21(26)6-7-24-22(27)23-12-16-9-17(13-23)11-18(10-16)14-23/h2-5,15-18H,6-14H2,1H3,(H,24,27). The lowest BCUT2D eigenvalue weighted by Gasteiger charge is -2.55. The Hall–Kier alpha value is -1.84. The molecule has 0 spiro atoms. The Morgan fingerprint density at radius 1 is 1.07 bits per heavy atom. The molecule has 144 valence electrons. The zero-order valence-electron chi connectivity index (χ0n) is 16.2. The van der Waals surface area contributed by atoms with Crippen molar-refractivity contribution in [1.29, 1.82) is 0 Å². The fraction of sp³-hybridized carbons (Fsp3) is 0.652. The molecule has 4 saturated carbocycles. The highest BCUT2D eigenvalue weighted by atomic mass is 16.2. The van der Waals surface area contributed by atoms with Gasteiger partial charge < -0.3 is 10.2 Å². The number of nitrogens with one attached hydrogen (secondary N) is 1. The fourth-order valence-corrected chi connectivity index (χ4v) is 6.93. The van der Waals surface area contributed by atoms with E-state index in [4.69, 9.17) is 0 Å². The van der Waals surface area contributed by atoms with E-state index in [2.05, 4.69) is 18.3 Å². The maximum atomic E-state index is 13.0. The number of fused-ring (bicyclic) bond motifs is 1. The molecule has 1 aromatic rings. The Kier molecular flexibility index (Phi) is 4.06. The Morgan fingerprint density at radius 2 is 1.70 bits per heavy atom. The van der Waals surface area contributed by atoms with Gasteiger partial charge in [-0.15, -0.1) is 0 Å². The summed E-state index contributed by atoms with van der Waals surface area (Å²) in [6.45, 7) is 2.57. The van der Waals surface area contributed by atoms with Crippen LogP contribution in [-0.4, -0.2) is 24.4 Å². The molecule has 0 saturated heterocycles. The number of anilines is 1. The molecule has 2 amide bonds. The van der Waals surface area contributed by atoms with E-state index in [1.165, 1.54) is 24.8 Å². The maximum absolute atomic E-state index is 13.0. The molecule has 0 radical (unpaired) electrons. The molecule has 1 atom stereocenters. The van der Waals surface area contributed by atoms with Crippen LogP contribution in [0.3, 0.4) is 0 Å². The minimum atomic E-state index is -0.120. The zero-order chi connectivity index (χ0) is 18.6. The second-order valence-corrected chi connectivity index (χ2v) is 9.65. The summed E-state index contributed by atoms with van der Waals surface area (Å²) in [5, 5.41) is 3.15. The molecule has 6 rings (SSSR count). The lowest BCUT2D eigenvalue weighted by atomic mass is 9.49. The Morgan fingerprint density at radius 3 is 2.37 bits per heavy atom. The average molecular weight is 367 g/mol. The van der Waals surface area contributed by atoms with E-state index in [0.717, 1.165) is 49.1 Å². The third kappa shape index (κ3) is 2.88. The molecule has 1 aliphatic heterocycles. The highest BCUT2D eigenvalue weighted by molar-refractivity contribution is 5.96. The molecular formula is C23H30N2O2. The van der Waals surface area contributed by atoms with Crippen LogP contribution in [0.15, 0.2) is 24.3 Å². The van der Waals surface area contributed by atoms with Gasteiger partial charge in [-0.25, -0.2) is 0 Å². The molecule has 4 aliphatic carbocycles. The first-order chi connectivity index (χ1) is 13.0. The Bertz CT molecular complexity index is 736. The van der Waals surface area contributed by atoms with E-state index in [9.17, 15) is 9.59 Å². The molecule has 1 N–H and O–H groups in total. The third-order valence-corrected chi connectivity index (χ3v) is 7.62. The summed E-state index contributed by atoms with van der Waals surface area (Å²) in [5.41, 5.74) is 2.17. The molecule has 27 heavy (non-hydrogen) atoms. The summed E-state index contributed by atoms with van der Waals surface area (Å²) in [5.74, 6) is 2.66. The summed E-state index contributed by atoms with van der Waals surface area (Å²) in [6, 6.07) is 8.37. The van der Waals surface area contributed by atoms with Gasteiger partial charge in [0.05, 0.1) is 0 Å². The smallest absolute Gasteiger partial charge is 0.229 e. The zero-order valence-corrected chi connectivity index (χ0v) is 16.2. The van der Waals surface area contributed by atoms with E-state index in [-0.39, 0.29) is 23.3 Å². The number of carbonyl (C=O) groups excluding carboxylic acids is 2. The number of amides is 2. The van der Waals surface area contributed by atoms with E-state index in [1.807, 2.05) is 23.1 Å². The van der Waals surface area contributed by atoms with Crippen LogP contribution in [-0.2, 0) is 16.0 Å². The van der Waals surface area contributed by atoms with Gasteiger partial charge in [0.25, 0.3) is 0 Å². The summed E-state index contributed by atoms with van der Waals surface area (Å²) in [7, 11) is 0. The van der Waals surface area contributed by atoms with Crippen molar-refractivity contribution in [2.75, 3.05) is 11.4 Å². The topological polar surface area (TPSA) is 49.4 Å². The number of rotatable bonds is 4. The van der Waals surface area contributed by atoms with E-state index >= 15 is 0 Å². The van der Waals surface area contributed by atoms with Crippen molar-refractivity contribution in [3.05, 3.63) is 29.8 Å². The second kappa shape index (κ2) is 6.35. The van der Waals surface area contributed by atoms with Gasteiger partial charge in [-0.3, -0.25) is 9.59 Å². The van der Waals surface area contributed by atoms with Gasteiger partial charge in [0.15, 0.2) is 0 Å². The molecule has 4 bridgehead atoms. The SMILES string of the molecule is CC1Cc2ccccc2N1C(=O)CCNC(=O)C12CC3CC(CC(C3)C1)C2. The lowest BCUT2D eigenvalue weighted by molar-refractivity contribution is -0.146. The predicted molar refractivity (Wildman–Crippen MR) is 105 cm³/mol. The molecule has 4 heteroatoms. The molecule has 5 aliphatic rings. The first-order valence-electron chi connectivity index (χ1n) is 10.7. The Labute approximate surface area is 161 Å². The van der Waals surface area contributed by atoms with Crippen LogP contribution in [0.25, 0.3) is 0 Å². The van der Waals surface area contributed by atoms with Crippen LogP contribution in [0.2, 0.25) is 0 Å². The number of nitrogens with zero attached hydrogens (tertiary/aromatic N) is 1. The lowest BCUT2D eigenvalue weighted by Crippen LogP contribution is -2.54. The first kappa shape index (κ1) is 17.3. The summed E-state index contributed by atoms with van der Waals surface area (Å²) in [6.07, 6.45) is 8.57. The van der Waals surface area contributed by atoms with Crippen molar-refractivity contribution in [3.63, 3.8) is 0 Å². The van der Waals surface area contributed by atoms with E-state index in [0.29, 0.717) is 13.0 Å². The van der Waals surface area contributed by atoms with E-state index in [1.54, 1.807) is 0 Å². The largest absolute Gasteiger partial charge is 0.355 e. The molecule has 0 aromatic heterocycles. The van der Waals surface area contributed by atoms with Crippen molar-refractivity contribution in [3.8, 4) is 0 Å². The van der Waals surface area contributed by atoms with Crippen LogP contribution in [0.4, 0.5) is 5.69 Å². The van der Waals surface area contributed by atoms with Gasteiger partial charge in [0.1, 0.15) is 0 Å². The molecule has 4 nitrogen and oxygen atoms in total. The molecular weight excluding hydrogens is 336 g/mol. The monoisotopic (exact) mass is 366 g/mol. The second-order valence-electron chi connectivity index (χ2n) is 9.65. The summed E-state index contributed by atoms with van der Waals surface area (Å²) in [4.78, 5) is 27.8. The van der Waals surface area contributed by atoms with Gasteiger partial charge in [0, 0.05) is 30.1 Å². The minimum absolute atomic E-state index is 0.120. The quantitative estimate of drug-likeness (QED) is 0.883. The van der Waals surface area contributed by atoms with Gasteiger partial charge in [-0.05, 0) is 81.3 Å². The van der Waals surface area contributed by atoms with Crippen molar-refractivity contribution in [1.82, 2.24) is 5.32 Å². The maximum Gasteiger partial charge on any atom is 0.229 e. The first-order valence-corrected chi connectivity index (χ1v) is 10.7. The normalized spacial score (nSPS) is 36.0. The molecule has 4 fully saturated rings. The van der Waals surface area contributed by atoms with Crippen LogP contribution in [0.5, 0.6) is 0 Å². The fourth-order valence-electron chi connectivity index (χ4n) is 6.93. The van der Waals surface area contributed by atoms with Gasteiger partial charge in [0.2, 0.25) is 11.8 Å². The van der Waals surface area contributed by atoms with Crippen LogP contribution in [0, 0.1) is 23.2 Å². The summed E-state index contributed by atoms with van der Waals surface area (Å²) >= 11 is 0. The number of para-hydroxylation sites is 1. The van der Waals surface area contributed by atoms with Crippen molar-refractivity contribution >= 4 is 17.5 Å². The van der Waals surface area contributed by atoms with E-state index < -0.39 is 0 Å². The average Bonchev–Trinajstić information content (AvgIpc) is 2.96. The molecule has 1 unspecified atom stereocenters. The van der Waals surface area contributed by atoms with Gasteiger partial charge in [-0.2, -0.15) is 0 Å².